The Morgan fingerprint density at radius 2 is 2.10 bits per heavy atom. The standard InChI is InChI=1S/C16H19N3O2/c1-8(2)11-7-13(19-15(20)10-4-5-10)18-12-6-9(3)17-16(21)14(11)12/h6-8,10H,4-5H2,1-3H3,(H,17,21)(H,18,19,20). The molecule has 1 amide bonds. The Labute approximate surface area is 122 Å². The highest BCUT2D eigenvalue weighted by Gasteiger charge is 2.30. The van der Waals surface area contributed by atoms with Crippen molar-refractivity contribution < 1.29 is 4.79 Å². The molecule has 21 heavy (non-hydrogen) atoms. The number of fused-ring (bicyclic) bond motifs is 1. The Morgan fingerprint density at radius 1 is 1.38 bits per heavy atom. The summed E-state index contributed by atoms with van der Waals surface area (Å²) in [6, 6.07) is 3.66. The van der Waals surface area contributed by atoms with E-state index in [2.05, 4.69) is 15.3 Å². The normalized spacial score (nSPS) is 14.7. The van der Waals surface area contributed by atoms with Crippen molar-refractivity contribution in [3.8, 4) is 0 Å². The van der Waals surface area contributed by atoms with Gasteiger partial charge >= 0.3 is 0 Å². The largest absolute Gasteiger partial charge is 0.326 e. The fourth-order valence-electron chi connectivity index (χ4n) is 2.51. The molecule has 3 rings (SSSR count). The number of nitrogens with one attached hydrogen (secondary N) is 2. The SMILES string of the molecule is Cc1cc2nc(NC(=O)C3CC3)cc(C(C)C)c2c(=O)[nH]1. The molecule has 1 saturated carbocycles. The maximum Gasteiger partial charge on any atom is 0.257 e. The predicted molar refractivity (Wildman–Crippen MR) is 82.5 cm³/mol. The van der Waals surface area contributed by atoms with Crippen molar-refractivity contribution in [2.24, 2.45) is 5.92 Å². The first-order valence-corrected chi connectivity index (χ1v) is 7.31. The van der Waals surface area contributed by atoms with Crippen LogP contribution in [0.2, 0.25) is 0 Å². The molecule has 0 saturated heterocycles. The number of pyridine rings is 2. The minimum atomic E-state index is -0.124. The Morgan fingerprint density at radius 3 is 2.71 bits per heavy atom. The number of amides is 1. The van der Waals surface area contributed by atoms with Crippen LogP contribution in [0.25, 0.3) is 10.9 Å². The van der Waals surface area contributed by atoms with Gasteiger partial charge in [-0.2, -0.15) is 0 Å². The van der Waals surface area contributed by atoms with Gasteiger partial charge < -0.3 is 10.3 Å². The predicted octanol–water partition coefficient (Wildman–Crippen LogP) is 2.70. The summed E-state index contributed by atoms with van der Waals surface area (Å²) in [6.45, 7) is 5.88. The highest BCUT2D eigenvalue weighted by molar-refractivity contribution is 5.95. The summed E-state index contributed by atoms with van der Waals surface area (Å²) in [5, 5.41) is 3.48. The van der Waals surface area contributed by atoms with Crippen LogP contribution in [0.5, 0.6) is 0 Å². The number of hydrogen-bond acceptors (Lipinski definition) is 3. The molecular formula is C16H19N3O2. The fraction of sp³-hybridized carbons (Fsp3) is 0.438. The van der Waals surface area contributed by atoms with Gasteiger partial charge in [0.25, 0.3) is 5.56 Å². The second-order valence-corrected chi connectivity index (χ2v) is 6.06. The smallest absolute Gasteiger partial charge is 0.257 e. The van der Waals surface area contributed by atoms with E-state index in [0.717, 1.165) is 24.1 Å². The quantitative estimate of drug-likeness (QED) is 0.910. The summed E-state index contributed by atoms with van der Waals surface area (Å²) >= 11 is 0. The van der Waals surface area contributed by atoms with Gasteiger partial charge in [-0.3, -0.25) is 9.59 Å². The first kappa shape index (κ1) is 13.8. The van der Waals surface area contributed by atoms with Crippen LogP contribution in [0.1, 0.15) is 43.9 Å². The molecule has 5 nitrogen and oxygen atoms in total. The molecule has 1 aliphatic carbocycles. The molecule has 0 aliphatic heterocycles. The highest BCUT2D eigenvalue weighted by Crippen LogP contribution is 2.31. The summed E-state index contributed by atoms with van der Waals surface area (Å²) in [5.74, 6) is 0.869. The number of nitrogens with zero attached hydrogens (tertiary/aromatic N) is 1. The monoisotopic (exact) mass is 285 g/mol. The number of aromatic nitrogens is 2. The Balaban J connectivity index is 2.14. The summed E-state index contributed by atoms with van der Waals surface area (Å²) < 4.78 is 0. The second-order valence-electron chi connectivity index (χ2n) is 6.06. The number of hydrogen-bond donors (Lipinski definition) is 2. The summed E-state index contributed by atoms with van der Waals surface area (Å²) in [5.41, 5.74) is 2.18. The summed E-state index contributed by atoms with van der Waals surface area (Å²) in [4.78, 5) is 31.4. The van der Waals surface area contributed by atoms with Gasteiger partial charge in [-0.15, -0.1) is 0 Å². The van der Waals surface area contributed by atoms with E-state index in [1.54, 1.807) is 0 Å². The molecular weight excluding hydrogens is 266 g/mol. The molecule has 2 aromatic rings. The molecule has 1 aliphatic rings. The second kappa shape index (κ2) is 4.98. The van der Waals surface area contributed by atoms with E-state index >= 15 is 0 Å². The average Bonchev–Trinajstić information content (AvgIpc) is 3.20. The zero-order chi connectivity index (χ0) is 15.1. The molecule has 1 fully saturated rings. The third-order valence-corrected chi connectivity index (χ3v) is 3.79. The topological polar surface area (TPSA) is 74.8 Å². The Kier molecular flexibility index (Phi) is 3.27. The zero-order valence-electron chi connectivity index (χ0n) is 12.5. The lowest BCUT2D eigenvalue weighted by molar-refractivity contribution is -0.117. The van der Waals surface area contributed by atoms with Gasteiger partial charge in [-0.25, -0.2) is 4.98 Å². The number of carbonyl (C=O) groups excluding carboxylic acids is 1. The minimum Gasteiger partial charge on any atom is -0.326 e. The lowest BCUT2D eigenvalue weighted by Crippen LogP contribution is -2.17. The van der Waals surface area contributed by atoms with Crippen LogP contribution in [0, 0.1) is 12.8 Å². The molecule has 0 unspecified atom stereocenters. The maximum atomic E-state index is 12.2. The van der Waals surface area contributed by atoms with Crippen LogP contribution >= 0.6 is 0 Å². The maximum absolute atomic E-state index is 12.2. The molecule has 2 heterocycles. The van der Waals surface area contributed by atoms with Gasteiger partial charge in [0.2, 0.25) is 5.91 Å². The molecule has 0 spiro atoms. The van der Waals surface area contributed by atoms with Gasteiger partial charge in [0.1, 0.15) is 5.82 Å². The van der Waals surface area contributed by atoms with E-state index in [4.69, 9.17) is 0 Å². The number of H-pyrrole nitrogens is 1. The number of anilines is 1. The van der Waals surface area contributed by atoms with Crippen LogP contribution in [-0.2, 0) is 4.79 Å². The lowest BCUT2D eigenvalue weighted by Gasteiger charge is -2.12. The summed E-state index contributed by atoms with van der Waals surface area (Å²) in [6.07, 6.45) is 1.91. The van der Waals surface area contributed by atoms with Crippen LogP contribution in [0.4, 0.5) is 5.82 Å². The molecule has 5 heteroatoms. The van der Waals surface area contributed by atoms with E-state index < -0.39 is 0 Å². The molecule has 0 bridgehead atoms. The van der Waals surface area contributed by atoms with Crippen molar-refractivity contribution in [2.75, 3.05) is 5.32 Å². The zero-order valence-corrected chi connectivity index (χ0v) is 12.5. The van der Waals surface area contributed by atoms with E-state index in [1.165, 1.54) is 0 Å². The van der Waals surface area contributed by atoms with Gasteiger partial charge in [0, 0.05) is 11.6 Å². The molecule has 110 valence electrons. The highest BCUT2D eigenvalue weighted by atomic mass is 16.2. The van der Waals surface area contributed by atoms with Crippen LogP contribution in [0.3, 0.4) is 0 Å². The number of rotatable bonds is 3. The van der Waals surface area contributed by atoms with E-state index in [0.29, 0.717) is 16.7 Å². The first-order valence-electron chi connectivity index (χ1n) is 7.31. The summed E-state index contributed by atoms with van der Waals surface area (Å²) in [7, 11) is 0. The van der Waals surface area contributed by atoms with Crippen molar-refractivity contribution in [1.82, 2.24) is 9.97 Å². The van der Waals surface area contributed by atoms with Crippen molar-refractivity contribution in [3.05, 3.63) is 33.7 Å². The molecule has 0 radical (unpaired) electrons. The van der Waals surface area contributed by atoms with Gasteiger partial charge in [-0.1, -0.05) is 13.8 Å². The van der Waals surface area contributed by atoms with E-state index in [1.807, 2.05) is 32.9 Å². The van der Waals surface area contributed by atoms with Crippen molar-refractivity contribution >= 4 is 22.6 Å². The van der Waals surface area contributed by atoms with Crippen molar-refractivity contribution in [3.63, 3.8) is 0 Å². The number of carbonyl (C=O) groups is 1. The lowest BCUT2D eigenvalue weighted by atomic mass is 9.99. The minimum absolute atomic E-state index is 0.0260. The molecule has 2 N–H and O–H groups in total. The fourth-order valence-corrected chi connectivity index (χ4v) is 2.51. The number of aromatic amines is 1. The number of aryl methyl sites for hydroxylation is 1. The Bertz CT molecular complexity index is 773. The van der Waals surface area contributed by atoms with Gasteiger partial charge in [0.15, 0.2) is 0 Å². The molecule has 0 aromatic carbocycles. The van der Waals surface area contributed by atoms with Gasteiger partial charge in [-0.05, 0) is 43.4 Å². The van der Waals surface area contributed by atoms with E-state index in [9.17, 15) is 9.59 Å². The first-order chi connectivity index (χ1) is 9.95. The van der Waals surface area contributed by atoms with Crippen LogP contribution < -0.4 is 10.9 Å². The van der Waals surface area contributed by atoms with Crippen LogP contribution in [-0.4, -0.2) is 15.9 Å². The van der Waals surface area contributed by atoms with Crippen molar-refractivity contribution in [1.29, 1.82) is 0 Å². The Hall–Kier alpha value is -2.17. The third kappa shape index (κ3) is 2.68. The van der Waals surface area contributed by atoms with E-state index in [-0.39, 0.29) is 23.3 Å². The molecule has 0 atom stereocenters. The van der Waals surface area contributed by atoms with Crippen molar-refractivity contribution in [2.45, 2.75) is 39.5 Å². The average molecular weight is 285 g/mol. The third-order valence-electron chi connectivity index (χ3n) is 3.79. The molecule has 2 aromatic heterocycles. The van der Waals surface area contributed by atoms with Gasteiger partial charge in [0.05, 0.1) is 10.9 Å². The van der Waals surface area contributed by atoms with Crippen LogP contribution in [0.15, 0.2) is 16.9 Å².